The standard InChI is InChI=1S/C18H20N4O3/c1-9(2)24-13-6-5-11(7-14(13)23-4)16-12(8-19)17(20)25-18-15(16)10(3)21-22-18/h5-7,9,16H,20H2,1-4H3,(H,21,22)/t16-/m1/s1. The molecule has 1 atom stereocenters. The maximum absolute atomic E-state index is 9.59. The normalized spacial score (nSPS) is 16.2. The van der Waals surface area contributed by atoms with Crippen molar-refractivity contribution in [1.82, 2.24) is 10.2 Å². The van der Waals surface area contributed by atoms with E-state index in [1.165, 1.54) is 0 Å². The van der Waals surface area contributed by atoms with Crippen LogP contribution >= 0.6 is 0 Å². The van der Waals surface area contributed by atoms with Gasteiger partial charge in [0.2, 0.25) is 11.8 Å². The molecule has 130 valence electrons. The van der Waals surface area contributed by atoms with E-state index in [4.69, 9.17) is 19.9 Å². The molecule has 0 radical (unpaired) electrons. The van der Waals surface area contributed by atoms with Crippen LogP contribution in [0, 0.1) is 18.3 Å². The van der Waals surface area contributed by atoms with Gasteiger partial charge in [0.15, 0.2) is 11.5 Å². The average molecular weight is 340 g/mol. The van der Waals surface area contributed by atoms with Gasteiger partial charge in [-0.25, -0.2) is 0 Å². The van der Waals surface area contributed by atoms with Crippen LogP contribution in [0.15, 0.2) is 29.7 Å². The average Bonchev–Trinajstić information content (AvgIpc) is 2.94. The van der Waals surface area contributed by atoms with Crippen molar-refractivity contribution >= 4 is 0 Å². The minimum Gasteiger partial charge on any atom is -0.493 e. The number of methoxy groups -OCH3 is 1. The minimum absolute atomic E-state index is 0.0239. The Balaban J connectivity index is 2.14. The molecular formula is C18H20N4O3. The molecule has 1 aliphatic rings. The molecule has 2 heterocycles. The molecule has 0 amide bonds. The lowest BCUT2D eigenvalue weighted by atomic mass is 9.84. The van der Waals surface area contributed by atoms with Crippen LogP contribution < -0.4 is 19.9 Å². The van der Waals surface area contributed by atoms with Crippen molar-refractivity contribution in [3.05, 3.63) is 46.5 Å². The Bertz CT molecular complexity index is 877. The van der Waals surface area contributed by atoms with Crippen LogP contribution in [0.1, 0.15) is 36.6 Å². The highest BCUT2D eigenvalue weighted by molar-refractivity contribution is 5.57. The highest BCUT2D eigenvalue weighted by Gasteiger charge is 2.34. The Kier molecular flexibility index (Phi) is 4.28. The summed E-state index contributed by atoms with van der Waals surface area (Å²) in [7, 11) is 1.58. The van der Waals surface area contributed by atoms with Crippen molar-refractivity contribution in [1.29, 1.82) is 5.26 Å². The van der Waals surface area contributed by atoms with E-state index in [9.17, 15) is 5.26 Å². The number of nitrogens with one attached hydrogen (secondary N) is 1. The van der Waals surface area contributed by atoms with Crippen molar-refractivity contribution in [2.45, 2.75) is 32.8 Å². The quantitative estimate of drug-likeness (QED) is 0.886. The molecule has 1 aromatic carbocycles. The third-order valence-electron chi connectivity index (χ3n) is 4.01. The monoisotopic (exact) mass is 340 g/mol. The van der Waals surface area contributed by atoms with Crippen molar-refractivity contribution in [3.63, 3.8) is 0 Å². The molecule has 0 bridgehead atoms. The fourth-order valence-corrected chi connectivity index (χ4v) is 2.95. The lowest BCUT2D eigenvalue weighted by Gasteiger charge is -2.24. The molecule has 2 aromatic rings. The SMILES string of the molecule is COc1cc([C@@H]2C(C#N)=C(N)Oc3n[nH]c(C)c32)ccc1OC(C)C. The molecule has 0 unspecified atom stereocenters. The second kappa shape index (κ2) is 6.40. The number of hydrogen-bond donors (Lipinski definition) is 2. The molecule has 1 aromatic heterocycles. The van der Waals surface area contributed by atoms with E-state index in [1.807, 2.05) is 39.0 Å². The van der Waals surface area contributed by atoms with E-state index >= 15 is 0 Å². The number of rotatable bonds is 4. The van der Waals surface area contributed by atoms with Gasteiger partial charge in [-0.2, -0.15) is 5.26 Å². The first-order valence-corrected chi connectivity index (χ1v) is 7.93. The number of aromatic amines is 1. The molecule has 7 heteroatoms. The molecule has 0 spiro atoms. The zero-order valence-electron chi connectivity index (χ0n) is 14.6. The largest absolute Gasteiger partial charge is 0.493 e. The predicted octanol–water partition coefficient (Wildman–Crippen LogP) is 2.73. The maximum atomic E-state index is 9.59. The van der Waals surface area contributed by atoms with Gasteiger partial charge >= 0.3 is 0 Å². The van der Waals surface area contributed by atoms with Crippen molar-refractivity contribution < 1.29 is 14.2 Å². The number of nitriles is 1. The number of fused-ring (bicyclic) bond motifs is 1. The smallest absolute Gasteiger partial charge is 0.244 e. The fourth-order valence-electron chi connectivity index (χ4n) is 2.95. The fraction of sp³-hybridized carbons (Fsp3) is 0.333. The molecular weight excluding hydrogens is 320 g/mol. The molecule has 3 N–H and O–H groups in total. The van der Waals surface area contributed by atoms with Crippen LogP contribution in [-0.2, 0) is 0 Å². The Morgan fingerprint density at radius 2 is 2.12 bits per heavy atom. The Hall–Kier alpha value is -3.14. The third kappa shape index (κ3) is 2.87. The molecule has 7 nitrogen and oxygen atoms in total. The Labute approximate surface area is 146 Å². The number of allylic oxidation sites excluding steroid dienone is 1. The van der Waals surface area contributed by atoms with E-state index in [-0.39, 0.29) is 17.9 Å². The molecule has 0 fully saturated rings. The van der Waals surface area contributed by atoms with Gasteiger partial charge in [-0.15, -0.1) is 5.10 Å². The maximum Gasteiger partial charge on any atom is 0.244 e. The zero-order chi connectivity index (χ0) is 18.1. The lowest BCUT2D eigenvalue weighted by molar-refractivity contribution is 0.230. The first kappa shape index (κ1) is 16.7. The molecule has 0 aliphatic carbocycles. The summed E-state index contributed by atoms with van der Waals surface area (Å²) in [6.07, 6.45) is 0.0239. The van der Waals surface area contributed by atoms with E-state index in [0.29, 0.717) is 23.0 Å². The van der Waals surface area contributed by atoms with E-state index in [2.05, 4.69) is 16.3 Å². The van der Waals surface area contributed by atoms with Gasteiger partial charge in [0.1, 0.15) is 11.6 Å². The summed E-state index contributed by atoms with van der Waals surface area (Å²) in [6, 6.07) is 7.75. The predicted molar refractivity (Wildman–Crippen MR) is 91.4 cm³/mol. The first-order valence-electron chi connectivity index (χ1n) is 7.93. The molecule has 0 saturated carbocycles. The third-order valence-corrected chi connectivity index (χ3v) is 4.01. The summed E-state index contributed by atoms with van der Waals surface area (Å²) in [5.41, 5.74) is 8.74. The number of nitrogens with two attached hydrogens (primary N) is 1. The second-order valence-corrected chi connectivity index (χ2v) is 6.07. The summed E-state index contributed by atoms with van der Waals surface area (Å²) < 4.78 is 16.7. The van der Waals surface area contributed by atoms with Crippen LogP contribution in [-0.4, -0.2) is 23.4 Å². The highest BCUT2D eigenvalue weighted by Crippen LogP contribution is 2.44. The van der Waals surface area contributed by atoms with Crippen LogP contribution in [0.2, 0.25) is 0 Å². The number of hydrogen-bond acceptors (Lipinski definition) is 6. The van der Waals surface area contributed by atoms with Gasteiger partial charge < -0.3 is 19.9 Å². The van der Waals surface area contributed by atoms with Gasteiger partial charge in [-0.05, 0) is 38.5 Å². The number of benzene rings is 1. The molecule has 0 saturated heterocycles. The second-order valence-electron chi connectivity index (χ2n) is 6.07. The number of ether oxygens (including phenoxy) is 3. The van der Waals surface area contributed by atoms with Crippen LogP contribution in [0.4, 0.5) is 0 Å². The van der Waals surface area contributed by atoms with E-state index < -0.39 is 0 Å². The van der Waals surface area contributed by atoms with Gasteiger partial charge in [0, 0.05) is 11.3 Å². The van der Waals surface area contributed by atoms with E-state index in [1.54, 1.807) is 7.11 Å². The van der Waals surface area contributed by atoms with Crippen LogP contribution in [0.3, 0.4) is 0 Å². The molecule has 1 aliphatic heterocycles. The number of nitrogens with zero attached hydrogens (tertiary/aromatic N) is 2. The summed E-state index contributed by atoms with van der Waals surface area (Å²) >= 11 is 0. The Morgan fingerprint density at radius 1 is 1.36 bits per heavy atom. The summed E-state index contributed by atoms with van der Waals surface area (Å²) in [5.74, 6) is 1.31. The minimum atomic E-state index is -0.380. The van der Waals surface area contributed by atoms with Crippen LogP contribution in [0.5, 0.6) is 17.4 Å². The van der Waals surface area contributed by atoms with Gasteiger partial charge in [-0.1, -0.05) is 6.07 Å². The Morgan fingerprint density at radius 3 is 2.76 bits per heavy atom. The summed E-state index contributed by atoms with van der Waals surface area (Å²) in [6.45, 7) is 5.78. The van der Waals surface area contributed by atoms with Gasteiger partial charge in [0.05, 0.1) is 19.1 Å². The van der Waals surface area contributed by atoms with Crippen LogP contribution in [0.25, 0.3) is 0 Å². The summed E-state index contributed by atoms with van der Waals surface area (Å²) in [4.78, 5) is 0. The molecule has 25 heavy (non-hydrogen) atoms. The van der Waals surface area contributed by atoms with Crippen molar-refractivity contribution in [2.75, 3.05) is 7.11 Å². The van der Waals surface area contributed by atoms with Gasteiger partial charge in [-0.3, -0.25) is 5.10 Å². The number of aryl methyl sites for hydroxylation is 1. The van der Waals surface area contributed by atoms with Crippen molar-refractivity contribution in [3.8, 4) is 23.4 Å². The van der Waals surface area contributed by atoms with Gasteiger partial charge in [0.25, 0.3) is 0 Å². The molecule has 3 rings (SSSR count). The van der Waals surface area contributed by atoms with Crippen molar-refractivity contribution in [2.24, 2.45) is 5.73 Å². The first-order chi connectivity index (χ1) is 12.0. The zero-order valence-corrected chi connectivity index (χ0v) is 14.6. The topological polar surface area (TPSA) is 106 Å². The number of H-pyrrole nitrogens is 1. The van der Waals surface area contributed by atoms with E-state index in [0.717, 1.165) is 16.8 Å². The summed E-state index contributed by atoms with van der Waals surface area (Å²) in [5, 5.41) is 16.6. The number of aromatic nitrogens is 2. The lowest BCUT2D eigenvalue weighted by Crippen LogP contribution is -2.21. The highest BCUT2D eigenvalue weighted by atomic mass is 16.5.